The summed E-state index contributed by atoms with van der Waals surface area (Å²) in [6.45, 7) is 8.50. The molecule has 8 nitrogen and oxygen atoms in total. The van der Waals surface area contributed by atoms with Gasteiger partial charge in [0, 0.05) is 66.1 Å². The number of thioether (sulfide) groups is 1. The van der Waals surface area contributed by atoms with E-state index in [-0.39, 0.29) is 29.5 Å². The Hall–Kier alpha value is -3.33. The lowest BCUT2D eigenvalue weighted by Crippen LogP contribution is -2.57. The van der Waals surface area contributed by atoms with Crippen LogP contribution in [-0.2, 0) is 17.9 Å². The first-order valence-electron chi connectivity index (χ1n) is 11.6. The van der Waals surface area contributed by atoms with Gasteiger partial charge in [-0.15, -0.1) is 11.8 Å². The van der Waals surface area contributed by atoms with Gasteiger partial charge in [-0.1, -0.05) is 30.9 Å². The van der Waals surface area contributed by atoms with Crippen LogP contribution >= 0.6 is 11.8 Å². The summed E-state index contributed by atoms with van der Waals surface area (Å²) < 4.78 is 1.78. The number of nitrogens with zero attached hydrogens (tertiary/aromatic N) is 4. The smallest absolute Gasteiger partial charge is 0.350 e. The fourth-order valence-electron chi connectivity index (χ4n) is 5.60. The van der Waals surface area contributed by atoms with E-state index in [1.807, 2.05) is 25.1 Å². The van der Waals surface area contributed by atoms with E-state index >= 15 is 0 Å². The van der Waals surface area contributed by atoms with E-state index in [9.17, 15) is 14.4 Å². The van der Waals surface area contributed by atoms with E-state index in [0.717, 1.165) is 37.9 Å². The number of rotatable bonds is 3. The highest BCUT2D eigenvalue weighted by molar-refractivity contribution is 8.08. The summed E-state index contributed by atoms with van der Waals surface area (Å²) >= 11 is 1.76. The van der Waals surface area contributed by atoms with Crippen molar-refractivity contribution in [3.63, 3.8) is 0 Å². The molecule has 9 heteroatoms. The number of piperazine rings is 1. The Morgan fingerprint density at radius 3 is 2.91 bits per heavy atom. The van der Waals surface area contributed by atoms with Crippen molar-refractivity contribution in [3.05, 3.63) is 68.6 Å². The van der Waals surface area contributed by atoms with Gasteiger partial charge in [0.1, 0.15) is 5.82 Å². The molecule has 0 bridgehead atoms. The first-order valence-corrected chi connectivity index (χ1v) is 12.5. The zero-order valence-corrected chi connectivity index (χ0v) is 19.7. The zero-order chi connectivity index (χ0) is 23.6. The number of aromatic nitrogens is 2. The average molecular weight is 476 g/mol. The molecule has 1 unspecified atom stereocenters. The van der Waals surface area contributed by atoms with Gasteiger partial charge in [-0.05, 0) is 24.1 Å². The van der Waals surface area contributed by atoms with Crippen LogP contribution in [0.1, 0.15) is 34.3 Å². The second kappa shape index (κ2) is 7.87. The predicted molar refractivity (Wildman–Crippen MR) is 132 cm³/mol. The van der Waals surface area contributed by atoms with Gasteiger partial charge in [0.25, 0.3) is 5.91 Å². The molecule has 1 N–H and O–H groups in total. The molecule has 2 aromatic rings. The van der Waals surface area contributed by atoms with Crippen molar-refractivity contribution < 1.29 is 9.59 Å². The number of carbonyl (C=O) groups is 2. The highest BCUT2D eigenvalue weighted by atomic mass is 32.2. The zero-order valence-electron chi connectivity index (χ0n) is 18.9. The third-order valence-electron chi connectivity index (χ3n) is 7.19. The van der Waals surface area contributed by atoms with Crippen LogP contribution in [0.3, 0.4) is 0 Å². The highest BCUT2D eigenvalue weighted by Crippen LogP contribution is 2.40. The van der Waals surface area contributed by atoms with E-state index in [1.54, 1.807) is 21.2 Å². The molecule has 6 rings (SSSR count). The van der Waals surface area contributed by atoms with Crippen molar-refractivity contribution in [1.82, 2.24) is 19.8 Å². The molecule has 34 heavy (non-hydrogen) atoms. The van der Waals surface area contributed by atoms with Crippen molar-refractivity contribution in [2.24, 2.45) is 0 Å². The maximum atomic E-state index is 13.1. The summed E-state index contributed by atoms with van der Waals surface area (Å²) in [5.41, 5.74) is 2.50. The van der Waals surface area contributed by atoms with Crippen LogP contribution < -0.4 is 26.5 Å². The summed E-state index contributed by atoms with van der Waals surface area (Å²) in [6, 6.07) is 6.02. The largest absolute Gasteiger partial charge is 0.350 e. The van der Waals surface area contributed by atoms with Gasteiger partial charge in [0.05, 0.1) is 5.35 Å². The number of nitrogens with one attached hydrogen (secondary N) is 1. The Labute approximate surface area is 200 Å². The molecule has 2 atom stereocenters. The van der Waals surface area contributed by atoms with Gasteiger partial charge < -0.3 is 15.1 Å². The lowest BCUT2D eigenvalue weighted by Gasteiger charge is -2.40. The topological polar surface area (TPSA) is 87.5 Å². The minimum Gasteiger partial charge on any atom is -0.350 e. The molecule has 2 amide bonds. The Kier molecular flexibility index (Phi) is 4.91. The summed E-state index contributed by atoms with van der Waals surface area (Å²) in [7, 11) is 0. The molecular formula is C25H25N5O3S. The van der Waals surface area contributed by atoms with Gasteiger partial charge in [-0.2, -0.15) is 4.98 Å². The van der Waals surface area contributed by atoms with Gasteiger partial charge in [-0.3, -0.25) is 14.2 Å². The van der Waals surface area contributed by atoms with E-state index in [4.69, 9.17) is 0 Å². The van der Waals surface area contributed by atoms with Crippen LogP contribution in [0.2, 0.25) is 0 Å². The normalized spacial score (nSPS) is 22.7. The van der Waals surface area contributed by atoms with Crippen LogP contribution in [0.25, 0.3) is 11.0 Å². The number of amides is 2. The highest BCUT2D eigenvalue weighted by Gasteiger charge is 2.35. The van der Waals surface area contributed by atoms with Crippen LogP contribution in [0.5, 0.6) is 0 Å². The summed E-state index contributed by atoms with van der Waals surface area (Å²) in [6.07, 6.45) is 3.52. The van der Waals surface area contributed by atoms with Gasteiger partial charge in [0.2, 0.25) is 5.91 Å². The molecule has 1 aliphatic carbocycles. The SMILES string of the molecule is C=CC(=O)N1CCN(c2nc(=O)n3c4c2=CC(c2cccc5c2C(=O)NC5)C=4SCC3)[C@@H](C)C1. The first kappa shape index (κ1) is 21.2. The molecule has 1 aromatic carbocycles. The van der Waals surface area contributed by atoms with Crippen molar-refractivity contribution in [3.8, 4) is 0 Å². The first-order chi connectivity index (χ1) is 16.5. The summed E-state index contributed by atoms with van der Waals surface area (Å²) in [5, 5.41) is 4.83. The van der Waals surface area contributed by atoms with Gasteiger partial charge in [-0.25, -0.2) is 4.79 Å². The molecule has 3 aliphatic heterocycles. The van der Waals surface area contributed by atoms with E-state index in [2.05, 4.69) is 27.9 Å². The monoisotopic (exact) mass is 475 g/mol. The quantitative estimate of drug-likeness (QED) is 0.636. The minimum absolute atomic E-state index is 0.00254. The molecule has 1 saturated heterocycles. The fraction of sp³-hybridized carbons (Fsp3) is 0.360. The van der Waals surface area contributed by atoms with E-state index in [0.29, 0.717) is 38.5 Å². The van der Waals surface area contributed by atoms with Crippen LogP contribution in [0.15, 0.2) is 35.6 Å². The number of hydrogen-bond donors (Lipinski definition) is 1. The second-order valence-corrected chi connectivity index (χ2v) is 10.2. The van der Waals surface area contributed by atoms with Crippen LogP contribution in [0.4, 0.5) is 5.82 Å². The number of carbonyl (C=O) groups excluding carboxylic acids is 2. The molecule has 0 radical (unpaired) electrons. The molecule has 4 aliphatic rings. The molecule has 0 spiro atoms. The molecule has 4 heterocycles. The maximum absolute atomic E-state index is 13.1. The lowest BCUT2D eigenvalue weighted by atomic mass is 9.92. The van der Waals surface area contributed by atoms with Crippen molar-refractivity contribution >= 4 is 40.4 Å². The Bertz CT molecular complexity index is 1450. The summed E-state index contributed by atoms with van der Waals surface area (Å²) in [5.74, 6) is 1.27. The van der Waals surface area contributed by atoms with E-state index in [1.165, 1.54) is 6.08 Å². The molecular weight excluding hydrogens is 450 g/mol. The predicted octanol–water partition coefficient (Wildman–Crippen LogP) is 0.143. The lowest BCUT2D eigenvalue weighted by molar-refractivity contribution is -0.126. The number of hydrogen-bond acceptors (Lipinski definition) is 6. The van der Waals surface area contributed by atoms with Gasteiger partial charge in [0.15, 0.2) is 0 Å². The second-order valence-electron chi connectivity index (χ2n) is 9.08. The minimum atomic E-state index is -0.242. The maximum Gasteiger partial charge on any atom is 0.350 e. The third-order valence-corrected chi connectivity index (χ3v) is 8.34. The standard InChI is InChI=1S/C25H25N5O3S/c1-3-19(31)28-7-8-29(14(2)13-28)23-18-11-17(16-6-4-5-15-12-26-24(32)20(15)16)22-21(18)30(9-10-34-22)25(33)27-23/h3-6,11,14,17H,1,7-10,12-13H2,2H3,(H,26,32)/t14-,17?/m0/s1. The van der Waals surface area contributed by atoms with Crippen LogP contribution in [-0.4, -0.2) is 57.7 Å². The molecule has 1 fully saturated rings. The molecule has 0 saturated carbocycles. The fourth-order valence-corrected chi connectivity index (χ4v) is 6.82. The molecule has 1 aromatic heterocycles. The number of fused-ring (bicyclic) bond motifs is 1. The Morgan fingerprint density at radius 1 is 1.26 bits per heavy atom. The van der Waals surface area contributed by atoms with Crippen molar-refractivity contribution in [1.29, 1.82) is 0 Å². The number of anilines is 1. The molecule has 174 valence electrons. The number of benzene rings is 1. The Morgan fingerprint density at radius 2 is 2.12 bits per heavy atom. The third kappa shape index (κ3) is 3.06. The van der Waals surface area contributed by atoms with E-state index < -0.39 is 0 Å². The van der Waals surface area contributed by atoms with Crippen molar-refractivity contribution in [2.45, 2.75) is 32.0 Å². The van der Waals surface area contributed by atoms with Gasteiger partial charge >= 0.3 is 5.69 Å². The van der Waals surface area contributed by atoms with Crippen LogP contribution in [0, 0.1) is 0 Å². The summed E-state index contributed by atoms with van der Waals surface area (Å²) in [4.78, 5) is 47.5. The average Bonchev–Trinajstić information content (AvgIpc) is 3.43. The Balaban J connectivity index is 1.51. The van der Waals surface area contributed by atoms with Crippen molar-refractivity contribution in [2.75, 3.05) is 30.3 Å².